The zero-order chi connectivity index (χ0) is 12.8. The first-order chi connectivity index (χ1) is 8.31. The highest BCUT2D eigenvalue weighted by Crippen LogP contribution is 1.91. The Morgan fingerprint density at radius 1 is 1.00 bits per heavy atom. The van der Waals surface area contributed by atoms with Crippen molar-refractivity contribution in [2.75, 3.05) is 47.1 Å². The monoisotopic (exact) mass is 247 g/mol. The van der Waals surface area contributed by atoms with Gasteiger partial charge in [-0.15, -0.1) is 0 Å². The van der Waals surface area contributed by atoms with E-state index in [0.717, 1.165) is 39.0 Å². The van der Waals surface area contributed by atoms with Crippen molar-refractivity contribution in [2.24, 2.45) is 0 Å². The van der Waals surface area contributed by atoms with Crippen molar-refractivity contribution in [1.82, 2.24) is 5.32 Å². The molecule has 0 unspecified atom stereocenters. The summed E-state index contributed by atoms with van der Waals surface area (Å²) < 4.78 is 14.7. The molecule has 0 fully saturated rings. The number of nitrogens with one attached hydrogen (secondary N) is 1. The molecule has 5 heteroatoms. The number of esters is 1. The van der Waals surface area contributed by atoms with Gasteiger partial charge in [-0.2, -0.15) is 0 Å². The minimum Gasteiger partial charge on any atom is -0.469 e. The summed E-state index contributed by atoms with van der Waals surface area (Å²) in [4.78, 5) is 10.8. The zero-order valence-corrected chi connectivity index (χ0v) is 11.0. The summed E-state index contributed by atoms with van der Waals surface area (Å²) in [6, 6.07) is 0. The Morgan fingerprint density at radius 3 is 2.47 bits per heavy atom. The Morgan fingerprint density at radius 2 is 1.76 bits per heavy atom. The molecule has 0 bridgehead atoms. The second-order valence-electron chi connectivity index (χ2n) is 3.74. The highest BCUT2D eigenvalue weighted by molar-refractivity contribution is 5.68. The van der Waals surface area contributed by atoms with Crippen molar-refractivity contribution in [1.29, 1.82) is 0 Å². The van der Waals surface area contributed by atoms with E-state index in [1.807, 2.05) is 0 Å². The average molecular weight is 247 g/mol. The smallest absolute Gasteiger partial charge is 0.305 e. The van der Waals surface area contributed by atoms with Gasteiger partial charge in [0.05, 0.1) is 20.3 Å². The van der Waals surface area contributed by atoms with Crippen molar-refractivity contribution in [3.05, 3.63) is 0 Å². The van der Waals surface area contributed by atoms with Gasteiger partial charge in [-0.05, 0) is 32.4 Å². The van der Waals surface area contributed by atoms with E-state index in [1.54, 1.807) is 7.11 Å². The zero-order valence-electron chi connectivity index (χ0n) is 11.0. The Bertz CT molecular complexity index is 176. The molecule has 0 aromatic heterocycles. The second-order valence-corrected chi connectivity index (χ2v) is 3.74. The molecule has 0 radical (unpaired) electrons. The number of ether oxygens (including phenoxy) is 3. The third-order valence-corrected chi connectivity index (χ3v) is 2.29. The summed E-state index contributed by atoms with van der Waals surface area (Å²) >= 11 is 0. The fourth-order valence-corrected chi connectivity index (χ4v) is 1.28. The van der Waals surface area contributed by atoms with Crippen LogP contribution >= 0.6 is 0 Å². The van der Waals surface area contributed by atoms with Crippen LogP contribution in [0.15, 0.2) is 0 Å². The summed E-state index contributed by atoms with van der Waals surface area (Å²) in [5.74, 6) is -0.140. The Labute approximate surface area is 104 Å². The Balaban J connectivity index is 2.96. The standard InChI is InChI=1S/C12H25NO4/c1-15-10-11-17-9-4-3-7-13-8-5-6-12(14)16-2/h13H,3-11H2,1-2H3. The lowest BCUT2D eigenvalue weighted by Crippen LogP contribution is -2.18. The maximum absolute atomic E-state index is 10.8. The fraction of sp³-hybridized carbons (Fsp3) is 0.917. The number of carbonyl (C=O) groups excluding carboxylic acids is 1. The predicted octanol–water partition coefficient (Wildman–Crippen LogP) is 0.972. The van der Waals surface area contributed by atoms with E-state index >= 15 is 0 Å². The van der Waals surface area contributed by atoms with E-state index in [1.165, 1.54) is 7.11 Å². The van der Waals surface area contributed by atoms with Crippen LogP contribution in [0.1, 0.15) is 25.7 Å². The van der Waals surface area contributed by atoms with Crippen LogP contribution in [0.25, 0.3) is 0 Å². The molecule has 0 amide bonds. The minimum absolute atomic E-state index is 0.140. The molecule has 5 nitrogen and oxygen atoms in total. The van der Waals surface area contributed by atoms with Crippen LogP contribution in [0.2, 0.25) is 0 Å². The molecule has 0 aliphatic rings. The average Bonchev–Trinajstić information content (AvgIpc) is 2.35. The van der Waals surface area contributed by atoms with Crippen LogP contribution in [-0.4, -0.2) is 53.1 Å². The third kappa shape index (κ3) is 13.3. The summed E-state index contributed by atoms with van der Waals surface area (Å²) in [7, 11) is 3.08. The Kier molecular flexibility index (Phi) is 12.9. The van der Waals surface area contributed by atoms with Gasteiger partial charge in [0.15, 0.2) is 0 Å². The van der Waals surface area contributed by atoms with Gasteiger partial charge in [0.1, 0.15) is 0 Å². The van der Waals surface area contributed by atoms with Gasteiger partial charge in [0.2, 0.25) is 0 Å². The van der Waals surface area contributed by atoms with E-state index in [0.29, 0.717) is 19.6 Å². The van der Waals surface area contributed by atoms with Crippen LogP contribution in [-0.2, 0) is 19.0 Å². The van der Waals surface area contributed by atoms with Crippen LogP contribution in [0.4, 0.5) is 0 Å². The number of methoxy groups -OCH3 is 2. The molecule has 1 N–H and O–H groups in total. The van der Waals surface area contributed by atoms with Crippen molar-refractivity contribution >= 4 is 5.97 Å². The van der Waals surface area contributed by atoms with Gasteiger partial charge in [-0.3, -0.25) is 4.79 Å². The summed E-state index contributed by atoms with van der Waals surface area (Å²) in [5, 5.41) is 3.28. The molecule has 0 rings (SSSR count). The van der Waals surface area contributed by atoms with Crippen molar-refractivity contribution < 1.29 is 19.0 Å². The molecular formula is C12H25NO4. The molecule has 0 aromatic carbocycles. The lowest BCUT2D eigenvalue weighted by molar-refractivity contribution is -0.140. The largest absolute Gasteiger partial charge is 0.469 e. The molecule has 0 saturated carbocycles. The molecule has 0 aliphatic carbocycles. The lowest BCUT2D eigenvalue weighted by Gasteiger charge is -2.05. The SMILES string of the molecule is COCCOCCCCNCCCC(=O)OC. The first kappa shape index (κ1) is 16.4. The summed E-state index contributed by atoms with van der Waals surface area (Å²) in [6.07, 6.45) is 3.46. The molecule has 0 heterocycles. The topological polar surface area (TPSA) is 56.8 Å². The van der Waals surface area contributed by atoms with Gasteiger partial charge in [-0.25, -0.2) is 0 Å². The van der Waals surface area contributed by atoms with Crippen molar-refractivity contribution in [3.8, 4) is 0 Å². The maximum atomic E-state index is 10.8. The number of carbonyl (C=O) groups is 1. The third-order valence-electron chi connectivity index (χ3n) is 2.29. The number of hydrogen-bond acceptors (Lipinski definition) is 5. The van der Waals surface area contributed by atoms with Crippen LogP contribution in [0.3, 0.4) is 0 Å². The van der Waals surface area contributed by atoms with E-state index in [9.17, 15) is 4.79 Å². The minimum atomic E-state index is -0.140. The van der Waals surface area contributed by atoms with Crippen LogP contribution in [0.5, 0.6) is 0 Å². The van der Waals surface area contributed by atoms with Gasteiger partial charge in [-0.1, -0.05) is 0 Å². The molecule has 102 valence electrons. The highest BCUT2D eigenvalue weighted by atomic mass is 16.5. The molecule has 0 spiro atoms. The van der Waals surface area contributed by atoms with Crippen molar-refractivity contribution in [3.63, 3.8) is 0 Å². The summed E-state index contributed by atoms with van der Waals surface area (Å²) in [5.41, 5.74) is 0. The first-order valence-electron chi connectivity index (χ1n) is 6.15. The fourth-order valence-electron chi connectivity index (χ4n) is 1.28. The first-order valence-corrected chi connectivity index (χ1v) is 6.15. The number of hydrogen-bond donors (Lipinski definition) is 1. The predicted molar refractivity (Wildman–Crippen MR) is 66.0 cm³/mol. The van der Waals surface area contributed by atoms with Gasteiger partial charge >= 0.3 is 5.97 Å². The lowest BCUT2D eigenvalue weighted by atomic mass is 10.3. The molecule has 0 saturated heterocycles. The summed E-state index contributed by atoms with van der Waals surface area (Å²) in [6.45, 7) is 3.94. The van der Waals surface area contributed by atoms with E-state index in [4.69, 9.17) is 9.47 Å². The molecular weight excluding hydrogens is 222 g/mol. The van der Waals surface area contributed by atoms with E-state index in [2.05, 4.69) is 10.1 Å². The van der Waals surface area contributed by atoms with E-state index < -0.39 is 0 Å². The van der Waals surface area contributed by atoms with Crippen molar-refractivity contribution in [2.45, 2.75) is 25.7 Å². The van der Waals surface area contributed by atoms with Crippen LogP contribution < -0.4 is 5.32 Å². The maximum Gasteiger partial charge on any atom is 0.305 e. The van der Waals surface area contributed by atoms with Gasteiger partial charge in [0, 0.05) is 20.1 Å². The Hall–Kier alpha value is -0.650. The molecule has 0 atom stereocenters. The van der Waals surface area contributed by atoms with Crippen LogP contribution in [0, 0.1) is 0 Å². The second kappa shape index (κ2) is 13.4. The van der Waals surface area contributed by atoms with Gasteiger partial charge in [0.25, 0.3) is 0 Å². The molecule has 0 aliphatic heterocycles. The highest BCUT2D eigenvalue weighted by Gasteiger charge is 1.98. The van der Waals surface area contributed by atoms with Gasteiger partial charge < -0.3 is 19.5 Å². The molecule has 0 aromatic rings. The van der Waals surface area contributed by atoms with E-state index in [-0.39, 0.29) is 5.97 Å². The normalized spacial score (nSPS) is 10.5. The molecule has 17 heavy (non-hydrogen) atoms. The quantitative estimate of drug-likeness (QED) is 0.411. The number of rotatable bonds is 12. The number of unbranched alkanes of at least 4 members (excludes halogenated alkanes) is 1.